The number of aliphatic hydroxyl groups excluding tert-OH is 1. The van der Waals surface area contributed by atoms with Crippen molar-refractivity contribution in [1.82, 2.24) is 14.5 Å². The molecule has 1 aromatic heterocycles. The molecule has 0 fully saturated rings. The minimum atomic E-state index is -0.445. The molecular weight excluding hydrogens is 328 g/mol. The van der Waals surface area contributed by atoms with Crippen LogP contribution in [0.4, 0.5) is 0 Å². The summed E-state index contributed by atoms with van der Waals surface area (Å²) < 4.78 is 7.59. The first-order valence-electron chi connectivity index (χ1n) is 9.01. The number of hydrogen-bond donors (Lipinski definition) is 1. The second-order valence-corrected chi connectivity index (χ2v) is 7.67. The highest BCUT2D eigenvalue weighted by molar-refractivity contribution is 5.95. The Kier molecular flexibility index (Phi) is 5.44. The minimum Gasteiger partial charge on any atom is -0.475 e. The number of likely N-dealkylation sites (N-methyl/N-ethyl adjacent to an activating group) is 1. The largest absolute Gasteiger partial charge is 0.475 e. The Balaban J connectivity index is 1.59. The predicted molar refractivity (Wildman–Crippen MR) is 102 cm³/mol. The SMILES string of the molecule is CC(c1ccc(C2=NC(C)(C)CO2)cc1)N(C)CC(O)Cn1ccnc1. The number of ether oxygens (including phenoxy) is 1. The van der Waals surface area contributed by atoms with E-state index in [0.29, 0.717) is 19.7 Å². The summed E-state index contributed by atoms with van der Waals surface area (Å²) in [7, 11) is 2.03. The van der Waals surface area contributed by atoms with E-state index in [1.807, 2.05) is 17.8 Å². The van der Waals surface area contributed by atoms with E-state index < -0.39 is 6.10 Å². The second-order valence-electron chi connectivity index (χ2n) is 7.67. The van der Waals surface area contributed by atoms with Gasteiger partial charge in [-0.3, -0.25) is 4.90 Å². The number of rotatable bonds is 7. The molecule has 1 aliphatic heterocycles. The van der Waals surface area contributed by atoms with Gasteiger partial charge in [0.15, 0.2) is 0 Å². The summed E-state index contributed by atoms with van der Waals surface area (Å²) in [4.78, 5) is 10.8. The van der Waals surface area contributed by atoms with Crippen LogP contribution < -0.4 is 0 Å². The molecule has 0 saturated heterocycles. The summed E-state index contributed by atoms with van der Waals surface area (Å²) in [5.74, 6) is 0.721. The fraction of sp³-hybridized carbons (Fsp3) is 0.500. The summed E-state index contributed by atoms with van der Waals surface area (Å²) in [6, 6.07) is 8.53. The first-order valence-corrected chi connectivity index (χ1v) is 9.01. The lowest BCUT2D eigenvalue weighted by molar-refractivity contribution is 0.0939. The van der Waals surface area contributed by atoms with Crippen LogP contribution in [0, 0.1) is 0 Å². The van der Waals surface area contributed by atoms with Crippen LogP contribution in [0.1, 0.15) is 37.9 Å². The van der Waals surface area contributed by atoms with E-state index in [0.717, 1.165) is 11.5 Å². The van der Waals surface area contributed by atoms with E-state index >= 15 is 0 Å². The Morgan fingerprint density at radius 3 is 2.62 bits per heavy atom. The summed E-state index contributed by atoms with van der Waals surface area (Å²) in [5, 5.41) is 10.3. The molecule has 0 radical (unpaired) electrons. The van der Waals surface area contributed by atoms with Gasteiger partial charge in [0.1, 0.15) is 6.61 Å². The van der Waals surface area contributed by atoms with Crippen molar-refractivity contribution in [2.75, 3.05) is 20.2 Å². The fourth-order valence-corrected chi connectivity index (χ4v) is 3.08. The maximum atomic E-state index is 10.3. The third-order valence-electron chi connectivity index (χ3n) is 4.75. The molecule has 2 unspecified atom stereocenters. The summed E-state index contributed by atoms with van der Waals surface area (Å²) in [6.07, 6.45) is 4.86. The molecule has 1 N–H and O–H groups in total. The van der Waals surface area contributed by atoms with Crippen LogP contribution in [0.2, 0.25) is 0 Å². The lowest BCUT2D eigenvalue weighted by Gasteiger charge is -2.27. The normalized spacial score (nSPS) is 18.5. The summed E-state index contributed by atoms with van der Waals surface area (Å²) in [6.45, 7) is 8.04. The Morgan fingerprint density at radius 2 is 2.04 bits per heavy atom. The molecule has 2 heterocycles. The molecule has 2 atom stereocenters. The second kappa shape index (κ2) is 7.60. The fourth-order valence-electron chi connectivity index (χ4n) is 3.08. The highest BCUT2D eigenvalue weighted by atomic mass is 16.5. The highest BCUT2D eigenvalue weighted by Crippen LogP contribution is 2.23. The molecule has 0 spiro atoms. The Hall–Kier alpha value is -2.18. The van der Waals surface area contributed by atoms with Crippen LogP contribution in [0.3, 0.4) is 0 Å². The minimum absolute atomic E-state index is 0.146. The van der Waals surface area contributed by atoms with Crippen molar-refractivity contribution in [2.45, 2.75) is 45.0 Å². The first kappa shape index (κ1) is 18.6. The van der Waals surface area contributed by atoms with Crippen LogP contribution in [0.15, 0.2) is 48.0 Å². The van der Waals surface area contributed by atoms with E-state index in [9.17, 15) is 5.11 Å². The topological polar surface area (TPSA) is 62.9 Å². The number of aromatic nitrogens is 2. The van der Waals surface area contributed by atoms with E-state index in [1.165, 1.54) is 5.56 Å². The predicted octanol–water partition coefficient (Wildman–Crippen LogP) is 2.49. The Labute approximate surface area is 155 Å². The molecule has 26 heavy (non-hydrogen) atoms. The first-order chi connectivity index (χ1) is 12.3. The van der Waals surface area contributed by atoms with E-state index in [4.69, 9.17) is 4.74 Å². The standard InChI is InChI=1S/C20H28N4O2/c1-15(23(4)11-18(25)12-24-10-9-21-14-24)16-5-7-17(8-6-16)19-22-20(2,3)13-26-19/h5-10,14-15,18,25H,11-13H2,1-4H3. The van der Waals surface area contributed by atoms with Gasteiger partial charge in [-0.25, -0.2) is 9.98 Å². The zero-order valence-electron chi connectivity index (χ0n) is 16.0. The van der Waals surface area contributed by atoms with Gasteiger partial charge in [0.05, 0.1) is 24.5 Å². The number of imidazole rings is 1. The molecule has 1 aromatic carbocycles. The lowest BCUT2D eigenvalue weighted by atomic mass is 10.0. The van der Waals surface area contributed by atoms with E-state index in [2.05, 4.69) is 59.9 Å². The van der Waals surface area contributed by atoms with Gasteiger partial charge in [-0.05, 0) is 45.5 Å². The van der Waals surface area contributed by atoms with Gasteiger partial charge in [-0.1, -0.05) is 12.1 Å². The lowest BCUT2D eigenvalue weighted by Crippen LogP contribution is -2.33. The van der Waals surface area contributed by atoms with Crippen LogP contribution in [-0.4, -0.2) is 57.3 Å². The molecule has 3 rings (SSSR count). The van der Waals surface area contributed by atoms with Crippen molar-refractivity contribution in [2.24, 2.45) is 4.99 Å². The molecule has 140 valence electrons. The average Bonchev–Trinajstić information content (AvgIpc) is 3.23. The molecule has 0 bridgehead atoms. The molecule has 0 saturated carbocycles. The number of hydrogen-bond acceptors (Lipinski definition) is 5. The van der Waals surface area contributed by atoms with Crippen molar-refractivity contribution in [3.05, 3.63) is 54.1 Å². The summed E-state index contributed by atoms with van der Waals surface area (Å²) in [5.41, 5.74) is 2.06. The maximum absolute atomic E-state index is 10.3. The van der Waals surface area contributed by atoms with Crippen LogP contribution in [0.25, 0.3) is 0 Å². The molecule has 6 heteroatoms. The zero-order valence-corrected chi connectivity index (χ0v) is 16.0. The van der Waals surface area contributed by atoms with Gasteiger partial charge in [0.25, 0.3) is 0 Å². The molecule has 0 amide bonds. The highest BCUT2D eigenvalue weighted by Gasteiger charge is 2.27. The number of aliphatic imine (C=N–C) groups is 1. The van der Waals surface area contributed by atoms with Gasteiger partial charge in [-0.2, -0.15) is 0 Å². The third kappa shape index (κ3) is 4.51. The number of nitrogens with zero attached hydrogens (tertiary/aromatic N) is 4. The van der Waals surface area contributed by atoms with Crippen molar-refractivity contribution in [1.29, 1.82) is 0 Å². The van der Waals surface area contributed by atoms with E-state index in [-0.39, 0.29) is 11.6 Å². The van der Waals surface area contributed by atoms with Crippen molar-refractivity contribution in [3.63, 3.8) is 0 Å². The van der Waals surface area contributed by atoms with Gasteiger partial charge >= 0.3 is 0 Å². The molecule has 0 aliphatic carbocycles. The van der Waals surface area contributed by atoms with Gasteiger partial charge in [0.2, 0.25) is 5.90 Å². The van der Waals surface area contributed by atoms with Gasteiger partial charge in [-0.15, -0.1) is 0 Å². The maximum Gasteiger partial charge on any atom is 0.216 e. The smallest absolute Gasteiger partial charge is 0.216 e. The third-order valence-corrected chi connectivity index (χ3v) is 4.75. The van der Waals surface area contributed by atoms with Crippen molar-refractivity contribution >= 4 is 5.90 Å². The summed E-state index contributed by atoms with van der Waals surface area (Å²) >= 11 is 0. The van der Waals surface area contributed by atoms with Gasteiger partial charge in [0, 0.05) is 30.5 Å². The average molecular weight is 356 g/mol. The number of benzene rings is 1. The van der Waals surface area contributed by atoms with Crippen LogP contribution in [0.5, 0.6) is 0 Å². The van der Waals surface area contributed by atoms with E-state index in [1.54, 1.807) is 12.5 Å². The Bertz CT molecular complexity index is 738. The van der Waals surface area contributed by atoms with Crippen molar-refractivity contribution < 1.29 is 9.84 Å². The molecular formula is C20H28N4O2. The molecule has 6 nitrogen and oxygen atoms in total. The van der Waals surface area contributed by atoms with Crippen LogP contribution >= 0.6 is 0 Å². The van der Waals surface area contributed by atoms with Crippen LogP contribution in [-0.2, 0) is 11.3 Å². The quantitative estimate of drug-likeness (QED) is 0.828. The monoisotopic (exact) mass is 356 g/mol. The Morgan fingerprint density at radius 1 is 1.31 bits per heavy atom. The molecule has 2 aromatic rings. The number of aliphatic hydroxyl groups is 1. The molecule has 1 aliphatic rings. The zero-order chi connectivity index (χ0) is 18.7. The van der Waals surface area contributed by atoms with Gasteiger partial charge < -0.3 is 14.4 Å². The van der Waals surface area contributed by atoms with Crippen molar-refractivity contribution in [3.8, 4) is 0 Å².